The van der Waals surface area contributed by atoms with E-state index in [9.17, 15) is 28.8 Å². The van der Waals surface area contributed by atoms with E-state index < -0.39 is 25.3 Å². The Kier molecular flexibility index (Phi) is 32.4. The fraction of sp³-hybridized carbons (Fsp3) is 0.431. The summed E-state index contributed by atoms with van der Waals surface area (Å²) < 4.78 is 30.9. The third-order valence-corrected chi connectivity index (χ3v) is 19.7. The number of alkyl halides is 1. The number of carbonyl (C=O) groups is 6. The van der Waals surface area contributed by atoms with E-state index in [1.165, 1.54) is 22.3 Å². The highest BCUT2D eigenvalue weighted by atomic mass is 79.9. The number of rotatable bonds is 9. The summed E-state index contributed by atoms with van der Waals surface area (Å²) in [5.74, 6) is 1.60. The Bertz CT molecular complexity index is 3980. The fourth-order valence-electron chi connectivity index (χ4n) is 10.9. The molecule has 0 bridgehead atoms. The quantitative estimate of drug-likeness (QED) is 0.0687. The van der Waals surface area contributed by atoms with Gasteiger partial charge in [0.15, 0.2) is 11.6 Å². The second-order valence-corrected chi connectivity index (χ2v) is 30.7. The third-order valence-electron chi connectivity index (χ3n) is 17.4. The molecule has 550 valence electrons. The van der Waals surface area contributed by atoms with Crippen molar-refractivity contribution < 1.29 is 57.4 Å². The monoisotopic (exact) mass is 1730 g/mol. The predicted molar refractivity (Wildman–Crippen MR) is 411 cm³/mol. The number of anilines is 2. The van der Waals surface area contributed by atoms with Crippen LogP contribution >= 0.6 is 79.6 Å². The minimum Gasteiger partial charge on any atom is -0.399 e. The summed E-state index contributed by atoms with van der Waals surface area (Å²) in [6, 6.07) is 12.7. The molecular weight excluding hydrogens is 1650 g/mol. The number of hydrogen-bond acceptors (Lipinski definition) is 19. The Labute approximate surface area is 643 Å². The van der Waals surface area contributed by atoms with Crippen LogP contribution in [0.25, 0.3) is 11.1 Å². The van der Waals surface area contributed by atoms with E-state index in [1.807, 2.05) is 93.9 Å². The number of aliphatic hydroxyl groups is 1. The number of carbonyl (C=O) groups excluding carboxylic acids is 6. The van der Waals surface area contributed by atoms with Crippen LogP contribution in [0.5, 0.6) is 0 Å². The molecular formula is C72H87BBr5N13O12. The number of Topliss-reactive ketones (excluding diaryl/α,β-unsaturated/α-hetero) is 2. The number of hydrogen-bond donors (Lipinski definition) is 3. The van der Waals surface area contributed by atoms with Gasteiger partial charge in [-0.3, -0.25) is 53.9 Å². The number of nitrogens with zero attached hydrogens (tertiary/aromatic N) is 11. The lowest BCUT2D eigenvalue weighted by atomic mass is 9.79. The van der Waals surface area contributed by atoms with E-state index in [4.69, 9.17) is 40.1 Å². The van der Waals surface area contributed by atoms with Gasteiger partial charge in [-0.15, -0.1) is 0 Å². The van der Waals surface area contributed by atoms with Crippen molar-refractivity contribution in [3.05, 3.63) is 174 Å². The molecule has 7 aromatic rings. The Hall–Kier alpha value is -6.91. The number of fused-ring (bicyclic) bond motifs is 2. The lowest BCUT2D eigenvalue weighted by molar-refractivity contribution is -0.146. The minimum atomic E-state index is -0.478. The summed E-state index contributed by atoms with van der Waals surface area (Å²) in [5.41, 5.74) is 19.5. The zero-order valence-electron chi connectivity index (χ0n) is 59.1. The summed E-state index contributed by atoms with van der Waals surface area (Å²) in [6.45, 7) is 22.4. The number of amides is 6. The number of halogens is 5. The van der Waals surface area contributed by atoms with Gasteiger partial charge in [-0.2, -0.15) is 0 Å². The summed E-state index contributed by atoms with van der Waals surface area (Å²) in [7, 11) is -0.438. The largest absolute Gasteiger partial charge is 0.496 e. The first-order valence-corrected chi connectivity index (χ1v) is 37.5. The second-order valence-electron chi connectivity index (χ2n) is 25.6. The first kappa shape index (κ1) is 83.4. The number of aliphatic hydroxyl groups excluding tert-OH is 1. The zero-order chi connectivity index (χ0) is 75.1. The van der Waals surface area contributed by atoms with Gasteiger partial charge in [-0.25, -0.2) is 19.6 Å². The van der Waals surface area contributed by atoms with E-state index in [-0.39, 0.29) is 59.9 Å². The molecule has 0 aromatic carbocycles. The number of nitrogens with two attached hydrogens (primary N) is 2. The summed E-state index contributed by atoms with van der Waals surface area (Å²) in [4.78, 5) is 104. The van der Waals surface area contributed by atoms with Crippen molar-refractivity contribution >= 4 is 139 Å². The van der Waals surface area contributed by atoms with Gasteiger partial charge >= 0.3 is 19.2 Å². The van der Waals surface area contributed by atoms with Crippen LogP contribution in [-0.4, -0.2) is 169 Å². The molecule has 6 aliphatic rings. The maximum absolute atomic E-state index is 12.1. The molecule has 103 heavy (non-hydrogen) atoms. The lowest BCUT2D eigenvalue weighted by Gasteiger charge is -2.32. The zero-order valence-corrected chi connectivity index (χ0v) is 67.0. The van der Waals surface area contributed by atoms with E-state index in [0.717, 1.165) is 107 Å². The number of pyridine rings is 7. The molecule has 0 aliphatic carbocycles. The highest BCUT2D eigenvalue weighted by Gasteiger charge is 2.52. The summed E-state index contributed by atoms with van der Waals surface area (Å²) in [5, 5.41) is 9.09. The number of primary amides is 2. The average molecular weight is 1740 g/mol. The van der Waals surface area contributed by atoms with E-state index in [2.05, 4.69) is 121 Å². The van der Waals surface area contributed by atoms with Crippen molar-refractivity contribution in [3.63, 3.8) is 0 Å². The molecule has 6 aliphatic heterocycles. The molecule has 13 heterocycles. The molecule has 4 saturated heterocycles. The predicted octanol–water partition coefficient (Wildman–Crippen LogP) is 12.5. The Morgan fingerprint density at radius 2 is 0.951 bits per heavy atom. The van der Waals surface area contributed by atoms with Gasteiger partial charge in [0.25, 0.3) is 0 Å². The van der Waals surface area contributed by atoms with Crippen molar-refractivity contribution in [2.24, 2.45) is 11.5 Å². The molecule has 0 spiro atoms. The first-order valence-electron chi connectivity index (χ1n) is 33.4. The van der Waals surface area contributed by atoms with Crippen LogP contribution in [0.15, 0.2) is 135 Å². The number of ether oxygens (including phenoxy) is 3. The van der Waals surface area contributed by atoms with Gasteiger partial charge < -0.3 is 49.9 Å². The Morgan fingerprint density at radius 1 is 0.515 bits per heavy atom. The molecule has 0 radical (unpaired) electrons. The van der Waals surface area contributed by atoms with Crippen LogP contribution < -0.4 is 26.7 Å². The number of aromatic nitrogens is 7. The van der Waals surface area contributed by atoms with E-state index in [0.29, 0.717) is 68.0 Å². The van der Waals surface area contributed by atoms with Crippen LogP contribution in [0, 0.1) is 0 Å². The molecule has 7 aromatic heterocycles. The standard InChI is InChI=1S/C20H23N5O3.C15H22BN3O3.C11H13BrN2O2.C7H7Br2N.C7H8BrNO.C7H6BrNO.C5H8O2/c1-13(24-5-6-28-12-18(24)26)15-8-16(10-22-9-15)17-7-14-3-2-4-25(20(21)27)19(14)23-11-17;1-14(2)15(3,4)22-16(21-14)11-8-10-6-5-7-19(13(17)20)12(10)18-9-11;1-8(9-4-10(12)6-13-5-9)14-2-3-16-7-11(14)15;1-5(8)6-2-7(9)4-10-3-6;2*1-5(10)6-2-7(8)4-9-3-6;6-5-2-1-3-7-4-5/h7-11,13H,2-6,12H2,1H3,(H2,21,27);8-9H,5-7H2,1-4H3,(H2,17,20);4-6,8H,2-3,7H2,1H3;2-5H,1H3;2-5,10H,1H3;2-4H,1H3;1-4H2. The maximum Gasteiger partial charge on any atom is 0.496 e. The molecule has 4 atom stereocenters. The SMILES string of the molecule is CC(=O)c1cncc(Br)c1.CC(Br)c1cncc(Br)c1.CC(O)c1cncc(Br)c1.CC(c1cncc(-c2cnc3c(c2)CCCN3C(N)=O)c1)N1CCOCC1=O.CC(c1cncc(Br)c1)N1CCOCC1=O.CC1(C)OB(c2cnc3c(c2)CCCN3C(N)=O)OC1(C)C.O=C1CCCOC1. The average Bonchev–Trinajstić information content (AvgIpc) is 1.65. The van der Waals surface area contributed by atoms with Crippen LogP contribution in [0.4, 0.5) is 21.2 Å². The van der Waals surface area contributed by atoms with Gasteiger partial charge in [0.1, 0.15) is 31.5 Å². The van der Waals surface area contributed by atoms with Gasteiger partial charge in [0.2, 0.25) is 11.8 Å². The number of urea groups is 2. The maximum atomic E-state index is 12.1. The van der Waals surface area contributed by atoms with Crippen molar-refractivity contribution in [1.29, 1.82) is 0 Å². The summed E-state index contributed by atoms with van der Waals surface area (Å²) in [6.07, 6.45) is 25.4. The van der Waals surface area contributed by atoms with E-state index in [1.54, 1.807) is 81.2 Å². The van der Waals surface area contributed by atoms with Crippen LogP contribution in [0.3, 0.4) is 0 Å². The van der Waals surface area contributed by atoms with Crippen molar-refractivity contribution in [2.75, 3.05) is 75.6 Å². The molecule has 31 heteroatoms. The molecule has 0 saturated carbocycles. The number of morpholine rings is 2. The van der Waals surface area contributed by atoms with Crippen LogP contribution in [0.1, 0.15) is 155 Å². The molecule has 4 fully saturated rings. The van der Waals surface area contributed by atoms with Gasteiger partial charge in [0, 0.05) is 158 Å². The molecule has 25 nitrogen and oxygen atoms in total. The normalized spacial score (nSPS) is 17.6. The van der Waals surface area contributed by atoms with Crippen LogP contribution in [-0.2, 0) is 50.7 Å². The number of ketones is 2. The highest BCUT2D eigenvalue weighted by Crippen LogP contribution is 2.38. The van der Waals surface area contributed by atoms with E-state index >= 15 is 0 Å². The topological polar surface area (TPSA) is 324 Å². The third kappa shape index (κ3) is 24.9. The Balaban J connectivity index is 0.000000177. The second kappa shape index (κ2) is 40.0. The van der Waals surface area contributed by atoms with Gasteiger partial charge in [-0.1, -0.05) is 22.0 Å². The minimum absolute atomic E-state index is 0.00820. The molecule has 4 unspecified atom stereocenters. The summed E-state index contributed by atoms with van der Waals surface area (Å²) >= 11 is 16.7. The van der Waals surface area contributed by atoms with Gasteiger partial charge in [-0.05, 0) is 228 Å². The lowest BCUT2D eigenvalue weighted by Crippen LogP contribution is -2.42. The Morgan fingerprint density at radius 3 is 1.37 bits per heavy atom. The molecule has 13 rings (SSSR count). The van der Waals surface area contributed by atoms with Crippen molar-refractivity contribution in [3.8, 4) is 11.1 Å². The fourth-order valence-corrected chi connectivity index (χ4v) is 12.7. The molecule has 5 N–H and O–H groups in total. The van der Waals surface area contributed by atoms with Crippen molar-refractivity contribution in [2.45, 2.75) is 135 Å². The number of aryl methyl sites for hydroxylation is 2. The van der Waals surface area contributed by atoms with Crippen LogP contribution in [0.2, 0.25) is 0 Å². The molecule has 6 amide bonds. The smallest absolute Gasteiger partial charge is 0.399 e. The van der Waals surface area contributed by atoms with Gasteiger partial charge in [0.05, 0.1) is 42.6 Å². The highest BCUT2D eigenvalue weighted by molar-refractivity contribution is 9.11. The first-order chi connectivity index (χ1) is 48.9. The van der Waals surface area contributed by atoms with Crippen molar-refractivity contribution in [1.82, 2.24) is 44.7 Å².